The third-order valence-corrected chi connectivity index (χ3v) is 2.29. The molecule has 1 aromatic heterocycles. The summed E-state index contributed by atoms with van der Waals surface area (Å²) in [6.07, 6.45) is 3.36. The van der Waals surface area contributed by atoms with E-state index in [0.29, 0.717) is 5.69 Å². The van der Waals surface area contributed by atoms with Gasteiger partial charge < -0.3 is 15.2 Å². The lowest BCUT2D eigenvalue weighted by atomic mass is 10.2. The fraction of sp³-hybridized carbons (Fsp3) is 0.500. The minimum atomic E-state index is -0.497. The summed E-state index contributed by atoms with van der Waals surface area (Å²) in [5, 5.41) is 0. The second-order valence-corrected chi connectivity index (χ2v) is 3.83. The molecular formula is C12H18N2O3. The Hall–Kier alpha value is -1.78. The van der Waals surface area contributed by atoms with E-state index in [4.69, 9.17) is 10.5 Å². The molecule has 1 heterocycles. The minimum Gasteiger partial charge on any atom is -0.474 e. The first kappa shape index (κ1) is 13.3. The van der Waals surface area contributed by atoms with Crippen LogP contribution in [0.5, 0.6) is 5.88 Å². The highest BCUT2D eigenvalue weighted by Gasteiger charge is 2.16. The number of carbonyl (C=O) groups is 1. The standard InChI is InChI=1S/C12H18N2O3/c1-4-5-8(2)17-11-10(12(15)16-3)6-9(13)7-14-11/h6-8H,4-5,13H2,1-3H3. The Bertz CT molecular complexity index is 393. The first-order chi connectivity index (χ1) is 8.08. The van der Waals surface area contributed by atoms with Gasteiger partial charge in [0.05, 0.1) is 25.1 Å². The molecule has 0 saturated carbocycles. The van der Waals surface area contributed by atoms with Gasteiger partial charge >= 0.3 is 5.97 Å². The zero-order chi connectivity index (χ0) is 12.8. The number of carbonyl (C=O) groups excluding carboxylic acids is 1. The van der Waals surface area contributed by atoms with Crippen molar-refractivity contribution in [3.8, 4) is 5.88 Å². The topological polar surface area (TPSA) is 74.4 Å². The number of hydrogen-bond acceptors (Lipinski definition) is 5. The molecule has 0 radical (unpaired) electrons. The largest absolute Gasteiger partial charge is 0.474 e. The molecule has 0 bridgehead atoms. The van der Waals surface area contributed by atoms with Crippen LogP contribution >= 0.6 is 0 Å². The molecule has 17 heavy (non-hydrogen) atoms. The van der Waals surface area contributed by atoms with Gasteiger partial charge in [0.15, 0.2) is 0 Å². The van der Waals surface area contributed by atoms with E-state index in [1.54, 1.807) is 0 Å². The van der Waals surface area contributed by atoms with Crippen LogP contribution in [-0.4, -0.2) is 24.2 Å². The van der Waals surface area contributed by atoms with Crippen LogP contribution in [0.1, 0.15) is 37.0 Å². The van der Waals surface area contributed by atoms with Crippen molar-refractivity contribution in [1.82, 2.24) is 4.98 Å². The quantitative estimate of drug-likeness (QED) is 0.794. The molecule has 1 atom stereocenters. The summed E-state index contributed by atoms with van der Waals surface area (Å²) in [7, 11) is 1.31. The maximum absolute atomic E-state index is 11.5. The smallest absolute Gasteiger partial charge is 0.343 e. The van der Waals surface area contributed by atoms with E-state index in [2.05, 4.69) is 16.6 Å². The van der Waals surface area contributed by atoms with Gasteiger partial charge in [-0.1, -0.05) is 13.3 Å². The van der Waals surface area contributed by atoms with E-state index in [1.165, 1.54) is 19.4 Å². The fourth-order valence-electron chi connectivity index (χ4n) is 1.47. The Kier molecular flexibility index (Phi) is 4.75. The molecule has 0 aliphatic rings. The second kappa shape index (κ2) is 6.08. The Balaban J connectivity index is 2.94. The fourth-order valence-corrected chi connectivity index (χ4v) is 1.47. The van der Waals surface area contributed by atoms with Crippen molar-refractivity contribution in [3.63, 3.8) is 0 Å². The lowest BCUT2D eigenvalue weighted by Crippen LogP contribution is -2.15. The van der Waals surface area contributed by atoms with Gasteiger partial charge in [0.2, 0.25) is 5.88 Å². The van der Waals surface area contributed by atoms with E-state index in [9.17, 15) is 4.79 Å². The number of methoxy groups -OCH3 is 1. The van der Waals surface area contributed by atoms with E-state index in [0.717, 1.165) is 12.8 Å². The highest BCUT2D eigenvalue weighted by atomic mass is 16.5. The Morgan fingerprint density at radius 2 is 2.29 bits per heavy atom. The Morgan fingerprint density at radius 1 is 1.59 bits per heavy atom. The molecule has 0 aliphatic heterocycles. The average molecular weight is 238 g/mol. The van der Waals surface area contributed by atoms with E-state index in [1.807, 2.05) is 6.92 Å². The molecule has 0 saturated heterocycles. The van der Waals surface area contributed by atoms with Gasteiger partial charge in [-0.05, 0) is 19.4 Å². The first-order valence-electron chi connectivity index (χ1n) is 5.59. The number of esters is 1. The SMILES string of the molecule is CCCC(C)Oc1ncc(N)cc1C(=O)OC. The Labute approximate surface area is 101 Å². The molecule has 0 aliphatic carbocycles. The van der Waals surface area contributed by atoms with Crippen molar-refractivity contribution < 1.29 is 14.3 Å². The second-order valence-electron chi connectivity index (χ2n) is 3.83. The minimum absolute atomic E-state index is 0.000435. The van der Waals surface area contributed by atoms with Crippen molar-refractivity contribution >= 4 is 11.7 Å². The molecule has 5 heteroatoms. The molecular weight excluding hydrogens is 220 g/mol. The number of ether oxygens (including phenoxy) is 2. The summed E-state index contributed by atoms with van der Waals surface area (Å²) in [5.41, 5.74) is 6.25. The van der Waals surface area contributed by atoms with Gasteiger partial charge in [0.25, 0.3) is 0 Å². The van der Waals surface area contributed by atoms with Crippen LogP contribution in [0.3, 0.4) is 0 Å². The molecule has 0 amide bonds. The normalized spacial score (nSPS) is 11.9. The zero-order valence-electron chi connectivity index (χ0n) is 10.4. The number of nitrogens with zero attached hydrogens (tertiary/aromatic N) is 1. The molecule has 1 aromatic rings. The third kappa shape index (κ3) is 3.62. The highest BCUT2D eigenvalue weighted by Crippen LogP contribution is 2.20. The molecule has 1 unspecified atom stereocenters. The number of rotatable bonds is 5. The summed E-state index contributed by atoms with van der Waals surface area (Å²) < 4.78 is 10.3. The van der Waals surface area contributed by atoms with Crippen molar-refractivity contribution in [3.05, 3.63) is 17.8 Å². The number of anilines is 1. The van der Waals surface area contributed by atoms with Gasteiger partial charge in [-0.3, -0.25) is 0 Å². The number of hydrogen-bond donors (Lipinski definition) is 1. The van der Waals surface area contributed by atoms with Crippen LogP contribution < -0.4 is 10.5 Å². The van der Waals surface area contributed by atoms with Crippen molar-refractivity contribution in [2.45, 2.75) is 32.8 Å². The summed E-state index contributed by atoms with van der Waals surface area (Å²) in [6, 6.07) is 1.51. The molecule has 94 valence electrons. The van der Waals surface area contributed by atoms with Crippen LogP contribution in [0.15, 0.2) is 12.3 Å². The summed E-state index contributed by atoms with van der Waals surface area (Å²) in [6.45, 7) is 4.00. The summed E-state index contributed by atoms with van der Waals surface area (Å²) in [5.74, 6) is -0.226. The summed E-state index contributed by atoms with van der Waals surface area (Å²) in [4.78, 5) is 15.5. The zero-order valence-corrected chi connectivity index (χ0v) is 10.4. The lowest BCUT2D eigenvalue weighted by Gasteiger charge is -2.15. The van der Waals surface area contributed by atoms with Crippen LogP contribution in [0.4, 0.5) is 5.69 Å². The first-order valence-corrected chi connectivity index (χ1v) is 5.59. The summed E-state index contributed by atoms with van der Waals surface area (Å²) >= 11 is 0. The van der Waals surface area contributed by atoms with Gasteiger partial charge in [0.1, 0.15) is 5.56 Å². The van der Waals surface area contributed by atoms with Crippen LogP contribution in [0.25, 0.3) is 0 Å². The van der Waals surface area contributed by atoms with E-state index in [-0.39, 0.29) is 17.5 Å². The highest BCUT2D eigenvalue weighted by molar-refractivity contribution is 5.92. The van der Waals surface area contributed by atoms with Crippen molar-refractivity contribution in [2.75, 3.05) is 12.8 Å². The molecule has 0 aromatic carbocycles. The van der Waals surface area contributed by atoms with Gasteiger partial charge in [-0.2, -0.15) is 0 Å². The monoisotopic (exact) mass is 238 g/mol. The predicted octanol–water partition coefficient (Wildman–Crippen LogP) is 2.02. The number of nitrogen functional groups attached to an aromatic ring is 1. The maximum atomic E-state index is 11.5. The molecule has 2 N–H and O–H groups in total. The molecule has 0 spiro atoms. The van der Waals surface area contributed by atoms with Crippen molar-refractivity contribution in [1.29, 1.82) is 0 Å². The van der Waals surface area contributed by atoms with E-state index < -0.39 is 5.97 Å². The van der Waals surface area contributed by atoms with Gasteiger partial charge in [-0.15, -0.1) is 0 Å². The number of nitrogens with two attached hydrogens (primary N) is 1. The van der Waals surface area contributed by atoms with Crippen molar-refractivity contribution in [2.24, 2.45) is 0 Å². The third-order valence-electron chi connectivity index (χ3n) is 2.29. The van der Waals surface area contributed by atoms with Gasteiger partial charge in [-0.25, -0.2) is 9.78 Å². The predicted molar refractivity (Wildman–Crippen MR) is 65.0 cm³/mol. The van der Waals surface area contributed by atoms with E-state index >= 15 is 0 Å². The molecule has 1 rings (SSSR count). The number of aromatic nitrogens is 1. The van der Waals surface area contributed by atoms with Crippen LogP contribution in [0.2, 0.25) is 0 Å². The average Bonchev–Trinajstić information content (AvgIpc) is 2.30. The lowest BCUT2D eigenvalue weighted by molar-refractivity contribution is 0.0592. The maximum Gasteiger partial charge on any atom is 0.343 e. The number of pyridine rings is 1. The molecule has 0 fully saturated rings. The van der Waals surface area contributed by atoms with Gasteiger partial charge in [0, 0.05) is 0 Å². The Morgan fingerprint density at radius 3 is 2.88 bits per heavy atom. The van der Waals surface area contributed by atoms with Crippen LogP contribution in [-0.2, 0) is 4.74 Å². The molecule has 5 nitrogen and oxygen atoms in total. The van der Waals surface area contributed by atoms with Crippen LogP contribution in [0, 0.1) is 0 Å².